The predicted molar refractivity (Wildman–Crippen MR) is 76.7 cm³/mol. The number of hydrogen-bond acceptors (Lipinski definition) is 5. The second-order valence-electron chi connectivity index (χ2n) is 6.01. The standard InChI is InChI=1S/C14H23N5O2/c1-10-8-19(9-12(10)18-3-5-21-6-4-18)14(20)7-13-15-11(2)16-17-13/h10,12H,3-9H2,1-2H3,(H,15,16,17). The molecule has 2 saturated heterocycles. The van der Waals surface area contributed by atoms with Gasteiger partial charge in [0.2, 0.25) is 5.91 Å². The van der Waals surface area contributed by atoms with Crippen molar-refractivity contribution in [1.29, 1.82) is 0 Å². The maximum Gasteiger partial charge on any atom is 0.230 e. The van der Waals surface area contributed by atoms with E-state index in [0.717, 1.165) is 45.2 Å². The number of H-pyrrole nitrogens is 1. The highest BCUT2D eigenvalue weighted by molar-refractivity contribution is 5.78. The van der Waals surface area contributed by atoms with Gasteiger partial charge in [0, 0.05) is 32.2 Å². The lowest BCUT2D eigenvalue weighted by Crippen LogP contribution is -2.47. The number of nitrogens with one attached hydrogen (secondary N) is 1. The van der Waals surface area contributed by atoms with Crippen molar-refractivity contribution in [2.45, 2.75) is 26.3 Å². The number of aromatic nitrogens is 3. The number of likely N-dealkylation sites (tertiary alicyclic amines) is 1. The summed E-state index contributed by atoms with van der Waals surface area (Å²) in [7, 11) is 0. The molecule has 116 valence electrons. The van der Waals surface area contributed by atoms with E-state index in [1.807, 2.05) is 11.8 Å². The number of aromatic amines is 1. The summed E-state index contributed by atoms with van der Waals surface area (Å²) in [6, 6.07) is 0.451. The van der Waals surface area contributed by atoms with E-state index in [1.54, 1.807) is 0 Å². The summed E-state index contributed by atoms with van der Waals surface area (Å²) < 4.78 is 5.41. The lowest BCUT2D eigenvalue weighted by atomic mass is 10.0. The summed E-state index contributed by atoms with van der Waals surface area (Å²) in [4.78, 5) is 21.0. The van der Waals surface area contributed by atoms with Crippen molar-refractivity contribution in [2.75, 3.05) is 39.4 Å². The highest BCUT2D eigenvalue weighted by Crippen LogP contribution is 2.23. The van der Waals surface area contributed by atoms with Crippen molar-refractivity contribution in [2.24, 2.45) is 5.92 Å². The number of hydrogen-bond donors (Lipinski definition) is 1. The van der Waals surface area contributed by atoms with Crippen molar-refractivity contribution >= 4 is 5.91 Å². The molecular weight excluding hydrogens is 270 g/mol. The maximum atomic E-state index is 12.4. The molecule has 1 aromatic rings. The van der Waals surface area contributed by atoms with Crippen LogP contribution in [0, 0.1) is 12.8 Å². The summed E-state index contributed by atoms with van der Waals surface area (Å²) in [5.74, 6) is 1.95. The number of carbonyl (C=O) groups is 1. The summed E-state index contributed by atoms with van der Waals surface area (Å²) in [6.45, 7) is 9.24. The fraction of sp³-hybridized carbons (Fsp3) is 0.786. The van der Waals surface area contributed by atoms with Crippen molar-refractivity contribution in [3.8, 4) is 0 Å². The van der Waals surface area contributed by atoms with E-state index < -0.39 is 0 Å². The minimum Gasteiger partial charge on any atom is -0.379 e. The van der Waals surface area contributed by atoms with Crippen LogP contribution in [-0.2, 0) is 16.0 Å². The Labute approximate surface area is 124 Å². The number of aryl methyl sites for hydroxylation is 1. The van der Waals surface area contributed by atoms with Crippen molar-refractivity contribution in [1.82, 2.24) is 25.0 Å². The molecule has 1 aromatic heterocycles. The van der Waals surface area contributed by atoms with Crippen molar-refractivity contribution in [3.05, 3.63) is 11.6 Å². The van der Waals surface area contributed by atoms with Gasteiger partial charge in [-0.1, -0.05) is 6.92 Å². The quantitative estimate of drug-likeness (QED) is 0.838. The second-order valence-corrected chi connectivity index (χ2v) is 6.01. The SMILES string of the molecule is Cc1nc(CC(=O)N2CC(C)C(N3CCOCC3)C2)n[nH]1. The fourth-order valence-corrected chi connectivity index (χ4v) is 3.25. The van der Waals surface area contributed by atoms with Gasteiger partial charge in [-0.25, -0.2) is 4.98 Å². The van der Waals surface area contributed by atoms with Crippen LogP contribution >= 0.6 is 0 Å². The fourth-order valence-electron chi connectivity index (χ4n) is 3.25. The van der Waals surface area contributed by atoms with Gasteiger partial charge in [-0.05, 0) is 12.8 Å². The van der Waals surface area contributed by atoms with Crippen LogP contribution in [0.2, 0.25) is 0 Å². The van der Waals surface area contributed by atoms with Gasteiger partial charge in [0.05, 0.1) is 19.6 Å². The minimum atomic E-state index is 0.122. The van der Waals surface area contributed by atoms with Crippen LogP contribution in [0.15, 0.2) is 0 Å². The van der Waals surface area contributed by atoms with E-state index in [1.165, 1.54) is 0 Å². The molecule has 1 N–H and O–H groups in total. The molecule has 2 aliphatic rings. The topological polar surface area (TPSA) is 74.3 Å². The molecule has 7 heteroatoms. The average Bonchev–Trinajstić information content (AvgIpc) is 3.06. The molecule has 0 radical (unpaired) electrons. The Kier molecular flexibility index (Phi) is 4.21. The zero-order valence-electron chi connectivity index (χ0n) is 12.7. The third-order valence-corrected chi connectivity index (χ3v) is 4.39. The highest BCUT2D eigenvalue weighted by Gasteiger charge is 2.36. The monoisotopic (exact) mass is 293 g/mol. The molecule has 0 aliphatic carbocycles. The van der Waals surface area contributed by atoms with Crippen LogP contribution in [0.1, 0.15) is 18.6 Å². The van der Waals surface area contributed by atoms with E-state index in [-0.39, 0.29) is 12.3 Å². The number of rotatable bonds is 3. The second kappa shape index (κ2) is 6.11. The molecule has 3 heterocycles. The number of carbonyl (C=O) groups excluding carboxylic acids is 1. The summed E-state index contributed by atoms with van der Waals surface area (Å²) in [6.07, 6.45) is 0.285. The molecule has 2 fully saturated rings. The molecule has 2 unspecified atom stereocenters. The molecule has 0 saturated carbocycles. The lowest BCUT2D eigenvalue weighted by molar-refractivity contribution is -0.129. The largest absolute Gasteiger partial charge is 0.379 e. The highest BCUT2D eigenvalue weighted by atomic mass is 16.5. The first-order valence-electron chi connectivity index (χ1n) is 7.61. The minimum absolute atomic E-state index is 0.122. The van der Waals surface area contributed by atoms with E-state index in [2.05, 4.69) is 27.0 Å². The Hall–Kier alpha value is -1.47. The van der Waals surface area contributed by atoms with E-state index >= 15 is 0 Å². The van der Waals surface area contributed by atoms with Crippen LogP contribution in [0.3, 0.4) is 0 Å². The Bertz CT molecular complexity index is 497. The zero-order valence-corrected chi connectivity index (χ0v) is 12.7. The number of ether oxygens (including phenoxy) is 1. The zero-order chi connectivity index (χ0) is 14.8. The van der Waals surface area contributed by atoms with Gasteiger partial charge in [-0.3, -0.25) is 14.8 Å². The third kappa shape index (κ3) is 3.24. The smallest absolute Gasteiger partial charge is 0.230 e. The molecule has 3 rings (SSSR count). The summed E-state index contributed by atoms with van der Waals surface area (Å²) in [5.41, 5.74) is 0. The maximum absolute atomic E-state index is 12.4. The first kappa shape index (κ1) is 14.5. The molecular formula is C14H23N5O2. The lowest BCUT2D eigenvalue weighted by Gasteiger charge is -2.33. The average molecular weight is 293 g/mol. The molecule has 2 atom stereocenters. The Morgan fingerprint density at radius 2 is 2.14 bits per heavy atom. The Morgan fingerprint density at radius 1 is 1.38 bits per heavy atom. The number of nitrogens with zero attached hydrogens (tertiary/aromatic N) is 4. The molecule has 2 aliphatic heterocycles. The number of morpholine rings is 1. The van der Waals surface area contributed by atoms with Gasteiger partial charge < -0.3 is 9.64 Å². The molecule has 7 nitrogen and oxygen atoms in total. The van der Waals surface area contributed by atoms with E-state index in [0.29, 0.717) is 17.8 Å². The third-order valence-electron chi connectivity index (χ3n) is 4.39. The number of amides is 1. The Morgan fingerprint density at radius 3 is 2.81 bits per heavy atom. The van der Waals surface area contributed by atoms with Gasteiger partial charge in [0.15, 0.2) is 5.82 Å². The Balaban J connectivity index is 1.58. The van der Waals surface area contributed by atoms with Gasteiger partial charge in [-0.15, -0.1) is 0 Å². The first-order valence-corrected chi connectivity index (χ1v) is 7.61. The molecule has 0 aromatic carbocycles. The van der Waals surface area contributed by atoms with Gasteiger partial charge in [0.25, 0.3) is 0 Å². The van der Waals surface area contributed by atoms with Crippen molar-refractivity contribution in [3.63, 3.8) is 0 Å². The molecule has 21 heavy (non-hydrogen) atoms. The van der Waals surface area contributed by atoms with Gasteiger partial charge in [-0.2, -0.15) is 5.10 Å². The normalized spacial score (nSPS) is 27.2. The van der Waals surface area contributed by atoms with Gasteiger partial charge >= 0.3 is 0 Å². The van der Waals surface area contributed by atoms with Crippen LogP contribution in [0.25, 0.3) is 0 Å². The van der Waals surface area contributed by atoms with Crippen LogP contribution in [-0.4, -0.2) is 76.3 Å². The van der Waals surface area contributed by atoms with E-state index in [4.69, 9.17) is 4.74 Å². The van der Waals surface area contributed by atoms with Crippen LogP contribution in [0.5, 0.6) is 0 Å². The molecule has 0 bridgehead atoms. The van der Waals surface area contributed by atoms with Crippen LogP contribution in [0.4, 0.5) is 0 Å². The predicted octanol–water partition coefficient (Wildman–Crippen LogP) is -0.165. The molecule has 1 amide bonds. The first-order chi connectivity index (χ1) is 10.1. The van der Waals surface area contributed by atoms with E-state index in [9.17, 15) is 4.79 Å². The molecule has 0 spiro atoms. The van der Waals surface area contributed by atoms with Crippen LogP contribution < -0.4 is 0 Å². The summed E-state index contributed by atoms with van der Waals surface area (Å²) in [5, 5.41) is 6.82. The van der Waals surface area contributed by atoms with Crippen molar-refractivity contribution < 1.29 is 9.53 Å². The van der Waals surface area contributed by atoms with Gasteiger partial charge in [0.1, 0.15) is 5.82 Å². The summed E-state index contributed by atoms with van der Waals surface area (Å²) >= 11 is 0.